The van der Waals surface area contributed by atoms with Gasteiger partial charge >= 0.3 is 0 Å². The van der Waals surface area contributed by atoms with Crippen molar-refractivity contribution in [2.75, 3.05) is 14.2 Å². The summed E-state index contributed by atoms with van der Waals surface area (Å²) in [4.78, 5) is 0. The number of benzene rings is 1. The van der Waals surface area contributed by atoms with Crippen molar-refractivity contribution in [3.63, 3.8) is 0 Å². The fourth-order valence-electron chi connectivity index (χ4n) is 1.76. The van der Waals surface area contributed by atoms with E-state index in [0.717, 1.165) is 23.5 Å². The number of ether oxygens (including phenoxy) is 2. The zero-order chi connectivity index (χ0) is 12.1. The van der Waals surface area contributed by atoms with Crippen molar-refractivity contribution >= 4 is 0 Å². The van der Waals surface area contributed by atoms with Crippen molar-refractivity contribution in [2.45, 2.75) is 26.3 Å². The second-order valence-electron chi connectivity index (χ2n) is 4.34. The van der Waals surface area contributed by atoms with Crippen LogP contribution in [-0.4, -0.2) is 14.2 Å². The number of nitrogens with two attached hydrogens (primary N) is 1. The molecule has 2 N–H and O–H groups in total. The molecule has 1 aromatic carbocycles. The molecule has 0 unspecified atom stereocenters. The molecule has 0 amide bonds. The van der Waals surface area contributed by atoms with Crippen LogP contribution in [0.1, 0.15) is 31.9 Å². The molecule has 0 aliphatic heterocycles. The lowest BCUT2D eigenvalue weighted by Crippen LogP contribution is -2.14. The molecule has 0 aromatic heterocycles. The average molecular weight is 223 g/mol. The smallest absolute Gasteiger partial charge is 0.127 e. The Labute approximate surface area is 97.6 Å². The van der Waals surface area contributed by atoms with Gasteiger partial charge in [0, 0.05) is 17.7 Å². The Morgan fingerprint density at radius 1 is 1.19 bits per heavy atom. The molecular formula is C13H21NO2. The molecular weight excluding hydrogens is 202 g/mol. The van der Waals surface area contributed by atoms with Crippen LogP contribution in [0.3, 0.4) is 0 Å². The standard InChI is InChI=1S/C13H21NO2/c1-9(2)7-12(14)11-6-5-10(15-3)8-13(11)16-4/h5-6,8-9,12H,7,14H2,1-4H3/t12-/m0/s1. The van der Waals surface area contributed by atoms with Gasteiger partial charge in [0.2, 0.25) is 0 Å². The highest BCUT2D eigenvalue weighted by molar-refractivity contribution is 5.42. The molecule has 1 atom stereocenters. The predicted molar refractivity (Wildman–Crippen MR) is 65.9 cm³/mol. The van der Waals surface area contributed by atoms with Gasteiger partial charge in [-0.05, 0) is 18.4 Å². The Morgan fingerprint density at radius 2 is 1.88 bits per heavy atom. The maximum Gasteiger partial charge on any atom is 0.127 e. The molecule has 0 saturated carbocycles. The van der Waals surface area contributed by atoms with Crippen molar-refractivity contribution in [1.82, 2.24) is 0 Å². The molecule has 0 bridgehead atoms. The Hall–Kier alpha value is -1.22. The molecule has 0 aliphatic carbocycles. The van der Waals surface area contributed by atoms with Gasteiger partial charge in [-0.2, -0.15) is 0 Å². The first-order valence-electron chi connectivity index (χ1n) is 5.56. The highest BCUT2D eigenvalue weighted by atomic mass is 16.5. The molecule has 0 radical (unpaired) electrons. The first kappa shape index (κ1) is 12.8. The van der Waals surface area contributed by atoms with Crippen LogP contribution < -0.4 is 15.2 Å². The van der Waals surface area contributed by atoms with Crippen molar-refractivity contribution in [3.05, 3.63) is 23.8 Å². The molecule has 0 saturated heterocycles. The van der Waals surface area contributed by atoms with Crippen LogP contribution in [0, 0.1) is 5.92 Å². The summed E-state index contributed by atoms with van der Waals surface area (Å²) in [5.41, 5.74) is 7.18. The van der Waals surface area contributed by atoms with E-state index in [0.29, 0.717) is 5.92 Å². The SMILES string of the molecule is COc1ccc([C@@H](N)CC(C)C)c(OC)c1. The molecule has 1 aromatic rings. The molecule has 16 heavy (non-hydrogen) atoms. The van der Waals surface area contributed by atoms with Crippen LogP contribution >= 0.6 is 0 Å². The average Bonchev–Trinajstić information content (AvgIpc) is 2.27. The normalized spacial score (nSPS) is 12.6. The third-order valence-corrected chi connectivity index (χ3v) is 2.57. The second-order valence-corrected chi connectivity index (χ2v) is 4.34. The zero-order valence-electron chi connectivity index (χ0n) is 10.5. The van der Waals surface area contributed by atoms with Gasteiger partial charge in [-0.3, -0.25) is 0 Å². The van der Waals surface area contributed by atoms with Gasteiger partial charge in [0.05, 0.1) is 14.2 Å². The van der Waals surface area contributed by atoms with Gasteiger partial charge in [0.15, 0.2) is 0 Å². The van der Waals surface area contributed by atoms with Gasteiger partial charge < -0.3 is 15.2 Å². The van der Waals surface area contributed by atoms with E-state index in [1.54, 1.807) is 14.2 Å². The van der Waals surface area contributed by atoms with E-state index in [1.807, 2.05) is 18.2 Å². The quantitative estimate of drug-likeness (QED) is 0.834. The minimum absolute atomic E-state index is 0.0147. The summed E-state index contributed by atoms with van der Waals surface area (Å²) in [7, 11) is 3.29. The molecule has 0 fully saturated rings. The Morgan fingerprint density at radius 3 is 2.38 bits per heavy atom. The van der Waals surface area contributed by atoms with Gasteiger partial charge in [0.25, 0.3) is 0 Å². The van der Waals surface area contributed by atoms with E-state index < -0.39 is 0 Å². The van der Waals surface area contributed by atoms with E-state index in [-0.39, 0.29) is 6.04 Å². The molecule has 1 rings (SSSR count). The van der Waals surface area contributed by atoms with Crippen molar-refractivity contribution in [2.24, 2.45) is 11.7 Å². The summed E-state index contributed by atoms with van der Waals surface area (Å²) in [6.07, 6.45) is 0.947. The lowest BCUT2D eigenvalue weighted by atomic mass is 9.97. The van der Waals surface area contributed by atoms with Gasteiger partial charge in [0.1, 0.15) is 11.5 Å². The predicted octanol–water partition coefficient (Wildman–Crippen LogP) is 2.75. The van der Waals surface area contributed by atoms with E-state index in [4.69, 9.17) is 15.2 Å². The molecule has 3 nitrogen and oxygen atoms in total. The largest absolute Gasteiger partial charge is 0.497 e. The topological polar surface area (TPSA) is 44.5 Å². The third-order valence-electron chi connectivity index (χ3n) is 2.57. The maximum absolute atomic E-state index is 6.14. The minimum atomic E-state index is 0.0147. The summed E-state index contributed by atoms with van der Waals surface area (Å²) in [6, 6.07) is 5.78. The van der Waals surface area contributed by atoms with E-state index in [9.17, 15) is 0 Å². The lowest BCUT2D eigenvalue weighted by Gasteiger charge is -2.18. The van der Waals surface area contributed by atoms with Gasteiger partial charge in [-0.15, -0.1) is 0 Å². The number of hydrogen-bond donors (Lipinski definition) is 1. The van der Waals surface area contributed by atoms with Crippen LogP contribution in [0.5, 0.6) is 11.5 Å². The summed E-state index contributed by atoms with van der Waals surface area (Å²) in [6.45, 7) is 4.33. The monoisotopic (exact) mass is 223 g/mol. The van der Waals surface area contributed by atoms with Crippen molar-refractivity contribution in [3.8, 4) is 11.5 Å². The molecule has 90 valence electrons. The number of rotatable bonds is 5. The third kappa shape index (κ3) is 3.14. The highest BCUT2D eigenvalue weighted by Crippen LogP contribution is 2.31. The summed E-state index contributed by atoms with van der Waals surface area (Å²) in [5.74, 6) is 2.16. The summed E-state index contributed by atoms with van der Waals surface area (Å²) < 4.78 is 10.5. The Kier molecular flexibility index (Phi) is 4.62. The summed E-state index contributed by atoms with van der Waals surface area (Å²) in [5, 5.41) is 0. The first-order chi connectivity index (χ1) is 7.58. The highest BCUT2D eigenvalue weighted by Gasteiger charge is 2.14. The first-order valence-corrected chi connectivity index (χ1v) is 5.56. The van der Waals surface area contributed by atoms with E-state index in [2.05, 4.69) is 13.8 Å². The van der Waals surface area contributed by atoms with Crippen molar-refractivity contribution < 1.29 is 9.47 Å². The molecule has 0 heterocycles. The van der Waals surface area contributed by atoms with Crippen LogP contribution in [0.2, 0.25) is 0 Å². The van der Waals surface area contributed by atoms with Gasteiger partial charge in [-0.25, -0.2) is 0 Å². The zero-order valence-corrected chi connectivity index (χ0v) is 10.5. The number of hydrogen-bond acceptors (Lipinski definition) is 3. The maximum atomic E-state index is 6.14. The van der Waals surface area contributed by atoms with Crippen LogP contribution in [-0.2, 0) is 0 Å². The van der Waals surface area contributed by atoms with Gasteiger partial charge in [-0.1, -0.05) is 19.9 Å². The van der Waals surface area contributed by atoms with E-state index >= 15 is 0 Å². The Balaban J connectivity index is 2.94. The molecule has 3 heteroatoms. The van der Waals surface area contributed by atoms with Crippen LogP contribution in [0.15, 0.2) is 18.2 Å². The lowest BCUT2D eigenvalue weighted by molar-refractivity contribution is 0.384. The van der Waals surface area contributed by atoms with Crippen molar-refractivity contribution in [1.29, 1.82) is 0 Å². The minimum Gasteiger partial charge on any atom is -0.497 e. The van der Waals surface area contributed by atoms with E-state index in [1.165, 1.54) is 0 Å². The van der Waals surface area contributed by atoms with Crippen LogP contribution in [0.4, 0.5) is 0 Å². The van der Waals surface area contributed by atoms with Crippen LogP contribution in [0.25, 0.3) is 0 Å². The number of methoxy groups -OCH3 is 2. The Bertz CT molecular complexity index is 337. The second kappa shape index (κ2) is 5.75. The summed E-state index contributed by atoms with van der Waals surface area (Å²) >= 11 is 0. The molecule has 0 spiro atoms. The fourth-order valence-corrected chi connectivity index (χ4v) is 1.76. The molecule has 0 aliphatic rings. The fraction of sp³-hybridized carbons (Fsp3) is 0.538.